The van der Waals surface area contributed by atoms with Crippen molar-refractivity contribution in [2.75, 3.05) is 13.2 Å². The van der Waals surface area contributed by atoms with E-state index in [0.717, 1.165) is 19.3 Å². The van der Waals surface area contributed by atoms with Crippen molar-refractivity contribution >= 4 is 8.56 Å². The molecule has 3 nitrogen and oxygen atoms in total. The first-order valence-corrected chi connectivity index (χ1v) is 9.96. The molecular formula is C15H30O3Si. The van der Waals surface area contributed by atoms with Gasteiger partial charge in [-0.3, -0.25) is 0 Å². The average molecular weight is 286 g/mol. The van der Waals surface area contributed by atoms with Gasteiger partial charge in [0.2, 0.25) is 0 Å². The molecule has 0 radical (unpaired) electrons. The van der Waals surface area contributed by atoms with Crippen molar-refractivity contribution in [1.82, 2.24) is 0 Å². The van der Waals surface area contributed by atoms with Gasteiger partial charge in [-0.25, -0.2) is 0 Å². The molecular weight excluding hydrogens is 256 g/mol. The van der Waals surface area contributed by atoms with Gasteiger partial charge in [0.05, 0.1) is 12.2 Å². The summed E-state index contributed by atoms with van der Waals surface area (Å²) >= 11 is 0. The SMILES string of the molecule is CCO[Si](CC)(OCC)C(C)(C)C1CCC2OC2C1. The fraction of sp³-hybridized carbons (Fsp3) is 1.00. The highest BCUT2D eigenvalue weighted by atomic mass is 28.4. The van der Waals surface area contributed by atoms with Gasteiger partial charge in [-0.1, -0.05) is 20.8 Å². The molecule has 1 saturated heterocycles. The fourth-order valence-corrected chi connectivity index (χ4v) is 7.87. The minimum atomic E-state index is -2.15. The Morgan fingerprint density at radius 1 is 1.05 bits per heavy atom. The Balaban J connectivity index is 2.16. The lowest BCUT2D eigenvalue weighted by molar-refractivity contribution is 0.132. The largest absolute Gasteiger partial charge is 0.394 e. The summed E-state index contributed by atoms with van der Waals surface area (Å²) in [5, 5.41) is 0.157. The number of hydrogen-bond acceptors (Lipinski definition) is 3. The van der Waals surface area contributed by atoms with Crippen LogP contribution < -0.4 is 0 Å². The second-order valence-corrected chi connectivity index (χ2v) is 10.5. The van der Waals surface area contributed by atoms with Crippen LogP contribution in [0.3, 0.4) is 0 Å². The zero-order valence-electron chi connectivity index (χ0n) is 13.2. The molecule has 0 N–H and O–H groups in total. The lowest BCUT2D eigenvalue weighted by atomic mass is 9.81. The first-order chi connectivity index (χ1) is 9.00. The predicted molar refractivity (Wildman–Crippen MR) is 79.5 cm³/mol. The number of fused-ring (bicyclic) bond motifs is 1. The van der Waals surface area contributed by atoms with Crippen LogP contribution >= 0.6 is 0 Å². The van der Waals surface area contributed by atoms with Crippen LogP contribution in [-0.2, 0) is 13.6 Å². The van der Waals surface area contributed by atoms with Crippen LogP contribution in [0.4, 0.5) is 0 Å². The van der Waals surface area contributed by atoms with Crippen LogP contribution in [0.15, 0.2) is 0 Å². The zero-order chi connectivity index (χ0) is 14.1. The number of hydrogen-bond donors (Lipinski definition) is 0. The summed E-state index contributed by atoms with van der Waals surface area (Å²) in [6.45, 7) is 12.7. The molecule has 0 amide bonds. The Morgan fingerprint density at radius 3 is 2.16 bits per heavy atom. The van der Waals surface area contributed by atoms with E-state index in [1.807, 2.05) is 0 Å². The summed E-state index contributed by atoms with van der Waals surface area (Å²) in [5.74, 6) is 0.681. The summed E-state index contributed by atoms with van der Waals surface area (Å²) in [6.07, 6.45) is 4.80. The molecule has 112 valence electrons. The summed E-state index contributed by atoms with van der Waals surface area (Å²) < 4.78 is 18.2. The first-order valence-electron chi connectivity index (χ1n) is 7.94. The molecule has 2 aliphatic rings. The minimum Gasteiger partial charge on any atom is -0.394 e. The Labute approximate surface area is 119 Å². The third-order valence-corrected chi connectivity index (χ3v) is 10.0. The second-order valence-electron chi connectivity index (χ2n) is 6.42. The normalized spacial score (nSPS) is 31.1. The van der Waals surface area contributed by atoms with Crippen molar-refractivity contribution in [2.45, 2.75) is 77.2 Å². The van der Waals surface area contributed by atoms with Gasteiger partial charge >= 0.3 is 8.56 Å². The second kappa shape index (κ2) is 5.84. The molecule has 0 aromatic rings. The van der Waals surface area contributed by atoms with Crippen LogP contribution in [0.5, 0.6) is 0 Å². The fourth-order valence-electron chi connectivity index (χ4n) is 3.91. The van der Waals surface area contributed by atoms with Crippen LogP contribution in [0.1, 0.15) is 53.9 Å². The lowest BCUT2D eigenvalue weighted by Crippen LogP contribution is -2.54. The van der Waals surface area contributed by atoms with Crippen molar-refractivity contribution in [3.63, 3.8) is 0 Å². The van der Waals surface area contributed by atoms with Crippen LogP contribution in [0.25, 0.3) is 0 Å². The van der Waals surface area contributed by atoms with Crippen LogP contribution in [0, 0.1) is 5.92 Å². The molecule has 0 bridgehead atoms. The summed E-state index contributed by atoms with van der Waals surface area (Å²) in [5.41, 5.74) is 0. The molecule has 0 aromatic carbocycles. The van der Waals surface area contributed by atoms with E-state index in [1.165, 1.54) is 19.3 Å². The van der Waals surface area contributed by atoms with E-state index in [1.54, 1.807) is 0 Å². The summed E-state index contributed by atoms with van der Waals surface area (Å²) in [7, 11) is -2.15. The third-order valence-electron chi connectivity index (χ3n) is 5.23. The van der Waals surface area contributed by atoms with E-state index < -0.39 is 8.56 Å². The topological polar surface area (TPSA) is 31.0 Å². The Kier molecular flexibility index (Phi) is 4.76. The van der Waals surface area contributed by atoms with E-state index in [4.69, 9.17) is 13.6 Å². The van der Waals surface area contributed by atoms with Gasteiger partial charge in [-0.15, -0.1) is 0 Å². The molecule has 1 saturated carbocycles. The van der Waals surface area contributed by atoms with Crippen LogP contribution in [0.2, 0.25) is 11.1 Å². The Bertz CT molecular complexity index is 300. The van der Waals surface area contributed by atoms with E-state index in [9.17, 15) is 0 Å². The van der Waals surface area contributed by atoms with Crippen LogP contribution in [-0.4, -0.2) is 34.0 Å². The smallest absolute Gasteiger partial charge is 0.343 e. The Hall–Kier alpha value is 0.0969. The molecule has 3 unspecified atom stereocenters. The summed E-state index contributed by atoms with van der Waals surface area (Å²) in [6, 6.07) is 1.03. The van der Waals surface area contributed by atoms with Gasteiger partial charge in [-0.2, -0.15) is 0 Å². The predicted octanol–water partition coefficient (Wildman–Crippen LogP) is 3.87. The molecule has 2 fully saturated rings. The zero-order valence-corrected chi connectivity index (χ0v) is 14.2. The highest BCUT2D eigenvalue weighted by Gasteiger charge is 2.57. The minimum absolute atomic E-state index is 0.157. The maximum absolute atomic E-state index is 6.26. The standard InChI is InChI=1S/C15H30O3Si/c1-6-16-19(8-3,17-7-2)15(4,5)12-9-10-13-14(11-12)18-13/h12-14H,6-11H2,1-5H3. The first kappa shape index (κ1) is 15.5. The van der Waals surface area contributed by atoms with Gasteiger partial charge in [0.1, 0.15) is 0 Å². The monoisotopic (exact) mass is 286 g/mol. The van der Waals surface area contributed by atoms with Crippen molar-refractivity contribution in [2.24, 2.45) is 5.92 Å². The van der Waals surface area contributed by atoms with Crippen molar-refractivity contribution in [3.05, 3.63) is 0 Å². The van der Waals surface area contributed by atoms with E-state index in [0.29, 0.717) is 18.1 Å². The third kappa shape index (κ3) is 2.78. The highest BCUT2D eigenvalue weighted by Crippen LogP contribution is 2.55. The molecule has 2 rings (SSSR count). The quantitative estimate of drug-likeness (QED) is 0.526. The van der Waals surface area contributed by atoms with Crippen molar-refractivity contribution < 1.29 is 13.6 Å². The Morgan fingerprint density at radius 2 is 1.68 bits per heavy atom. The molecule has 3 atom stereocenters. The molecule has 0 spiro atoms. The maximum atomic E-state index is 6.26. The van der Waals surface area contributed by atoms with E-state index in [-0.39, 0.29) is 5.04 Å². The number of epoxide rings is 1. The van der Waals surface area contributed by atoms with Gasteiger partial charge in [0, 0.05) is 18.3 Å². The molecule has 19 heavy (non-hydrogen) atoms. The molecule has 1 heterocycles. The van der Waals surface area contributed by atoms with Crippen molar-refractivity contribution in [1.29, 1.82) is 0 Å². The maximum Gasteiger partial charge on any atom is 0.343 e. The average Bonchev–Trinajstić information content (AvgIpc) is 3.16. The number of rotatable bonds is 7. The van der Waals surface area contributed by atoms with E-state index >= 15 is 0 Å². The number of ether oxygens (including phenoxy) is 1. The summed E-state index contributed by atoms with van der Waals surface area (Å²) in [4.78, 5) is 0. The molecule has 0 aromatic heterocycles. The lowest BCUT2D eigenvalue weighted by Gasteiger charge is -2.47. The van der Waals surface area contributed by atoms with E-state index in [2.05, 4.69) is 34.6 Å². The molecule has 4 heteroatoms. The molecule has 1 aliphatic heterocycles. The highest BCUT2D eigenvalue weighted by molar-refractivity contribution is 6.70. The van der Waals surface area contributed by atoms with Crippen molar-refractivity contribution in [3.8, 4) is 0 Å². The van der Waals surface area contributed by atoms with Gasteiger partial charge in [0.15, 0.2) is 0 Å². The van der Waals surface area contributed by atoms with Gasteiger partial charge < -0.3 is 13.6 Å². The van der Waals surface area contributed by atoms with Gasteiger partial charge in [0.25, 0.3) is 0 Å². The van der Waals surface area contributed by atoms with Gasteiger partial charge in [-0.05, 0) is 45.1 Å². The molecule has 1 aliphatic carbocycles.